The lowest BCUT2D eigenvalue weighted by molar-refractivity contribution is -0.129. The third-order valence-corrected chi connectivity index (χ3v) is 9.11. The summed E-state index contributed by atoms with van der Waals surface area (Å²) in [4.78, 5) is 26.6. The summed E-state index contributed by atoms with van der Waals surface area (Å²) in [7, 11) is 0. The lowest BCUT2D eigenvalue weighted by atomic mass is 9.94. The lowest BCUT2D eigenvalue weighted by Crippen LogP contribution is -2.54. The number of nitrogens with zero attached hydrogens (tertiary/aromatic N) is 6. The van der Waals surface area contributed by atoms with Crippen LogP contribution in [0.1, 0.15) is 43.5 Å². The minimum atomic E-state index is -1.60. The molecule has 2 aliphatic rings. The number of benzene rings is 1. The number of aromatic nitrogens is 2. The number of aromatic hydroxyl groups is 1. The maximum Gasteiger partial charge on any atom is 0.246 e. The first-order chi connectivity index (χ1) is 21.7. The minimum absolute atomic E-state index is 0.0197. The molecule has 0 radical (unpaired) electrons. The van der Waals surface area contributed by atoms with Crippen LogP contribution in [-0.2, 0) is 4.79 Å². The van der Waals surface area contributed by atoms with E-state index >= 15 is 4.39 Å². The normalized spacial score (nSPS) is 18.2. The number of pyridine rings is 2. The van der Waals surface area contributed by atoms with Gasteiger partial charge < -0.3 is 20.0 Å². The van der Waals surface area contributed by atoms with E-state index in [4.69, 9.17) is 34.8 Å². The zero-order valence-electron chi connectivity index (χ0n) is 25.2. The van der Waals surface area contributed by atoms with Gasteiger partial charge in [-0.2, -0.15) is 5.26 Å². The van der Waals surface area contributed by atoms with Gasteiger partial charge in [0.2, 0.25) is 5.91 Å². The molecule has 0 spiro atoms. The molecule has 0 bridgehead atoms. The van der Waals surface area contributed by atoms with Gasteiger partial charge in [0, 0.05) is 37.4 Å². The second kappa shape index (κ2) is 12.7. The molecule has 240 valence electrons. The molecule has 46 heavy (non-hydrogen) atoms. The Bertz CT molecular complexity index is 1830. The van der Waals surface area contributed by atoms with Gasteiger partial charge in [0.05, 0.1) is 33.4 Å². The monoisotopic (exact) mass is 688 g/mol. The van der Waals surface area contributed by atoms with Crippen molar-refractivity contribution in [2.75, 3.05) is 24.5 Å². The van der Waals surface area contributed by atoms with Crippen molar-refractivity contribution >= 4 is 57.9 Å². The fraction of sp³-hybridized carbons (Fsp3) is 0.312. The van der Waals surface area contributed by atoms with Crippen LogP contribution in [0.5, 0.6) is 5.75 Å². The van der Waals surface area contributed by atoms with Gasteiger partial charge >= 0.3 is 0 Å². The summed E-state index contributed by atoms with van der Waals surface area (Å²) >= 11 is 18.6. The molecule has 2 aliphatic heterocycles. The van der Waals surface area contributed by atoms with Crippen molar-refractivity contribution in [3.63, 3.8) is 0 Å². The molecule has 1 aromatic carbocycles. The molecule has 2 N–H and O–H groups in total. The van der Waals surface area contributed by atoms with Crippen molar-refractivity contribution in [2.24, 2.45) is 0 Å². The van der Waals surface area contributed by atoms with Crippen molar-refractivity contribution in [1.82, 2.24) is 19.8 Å². The number of aliphatic hydroxyl groups is 1. The number of hydrogen-bond donors (Lipinski definition) is 2. The van der Waals surface area contributed by atoms with Crippen LogP contribution in [0.4, 0.5) is 20.3 Å². The quantitative estimate of drug-likeness (QED) is 0.168. The van der Waals surface area contributed by atoms with E-state index in [1.165, 1.54) is 17.0 Å². The molecule has 1 unspecified atom stereocenters. The molecular formula is C32H29Cl3F2N6O3. The van der Waals surface area contributed by atoms with Crippen LogP contribution in [0.3, 0.4) is 0 Å². The summed E-state index contributed by atoms with van der Waals surface area (Å²) in [6, 6.07) is 5.03. The van der Waals surface area contributed by atoms with Crippen LogP contribution >= 0.6 is 34.8 Å². The topological polar surface area (TPSA) is 117 Å². The number of nitriles is 1. The standard InChI is InChI=1S/C32H29Cl3F2N6O3/c1-6-20(44)42-10-9-41(13-16(42)5)29-17-11-19(33)27(21-24(36)22(34)25(37)23(35)30(21)45)40-31(17)43(32(46)18(29)12-38)28-15(4)7-8-39-26(28)14(2)3/h6-8,11,14,16,32,45-46H,1,9-10,13H2,2-5H3/t16-,32?/m1/s1. The molecule has 2 aromatic heterocycles. The molecule has 14 heteroatoms. The highest BCUT2D eigenvalue weighted by Gasteiger charge is 2.41. The first kappa shape index (κ1) is 33.4. The fourth-order valence-electron chi connectivity index (χ4n) is 5.95. The number of amides is 1. The fourth-order valence-corrected chi connectivity index (χ4v) is 6.63. The highest BCUT2D eigenvalue weighted by atomic mass is 35.5. The van der Waals surface area contributed by atoms with E-state index in [1.54, 1.807) is 24.1 Å². The Labute approximate surface area is 279 Å². The van der Waals surface area contributed by atoms with Gasteiger partial charge in [-0.1, -0.05) is 55.2 Å². The van der Waals surface area contributed by atoms with Crippen molar-refractivity contribution < 1.29 is 23.8 Å². The molecule has 1 fully saturated rings. The molecule has 1 amide bonds. The van der Waals surface area contributed by atoms with E-state index < -0.39 is 39.2 Å². The molecule has 0 saturated carbocycles. The van der Waals surface area contributed by atoms with E-state index in [0.29, 0.717) is 34.8 Å². The number of phenolic OH excluding ortho intramolecular Hbond substituents is 1. The Morgan fingerprint density at radius 3 is 2.52 bits per heavy atom. The van der Waals surface area contributed by atoms with Gasteiger partial charge in [-0.25, -0.2) is 13.8 Å². The van der Waals surface area contributed by atoms with E-state index in [0.717, 1.165) is 0 Å². The number of carbonyl (C=O) groups is 1. The highest BCUT2D eigenvalue weighted by molar-refractivity contribution is 6.37. The number of aryl methyl sites for hydroxylation is 1. The summed E-state index contributed by atoms with van der Waals surface area (Å²) in [5.74, 6) is -3.99. The average molecular weight is 690 g/mol. The zero-order chi connectivity index (χ0) is 33.8. The summed E-state index contributed by atoms with van der Waals surface area (Å²) < 4.78 is 30.0. The number of carbonyl (C=O) groups excluding carboxylic acids is 1. The van der Waals surface area contributed by atoms with E-state index in [1.807, 2.05) is 25.7 Å². The van der Waals surface area contributed by atoms with Crippen molar-refractivity contribution in [3.8, 4) is 23.1 Å². The predicted octanol–water partition coefficient (Wildman–Crippen LogP) is 6.94. The van der Waals surface area contributed by atoms with Gasteiger partial charge in [0.15, 0.2) is 17.9 Å². The second-order valence-corrected chi connectivity index (χ2v) is 12.5. The van der Waals surface area contributed by atoms with Crippen LogP contribution < -0.4 is 4.90 Å². The number of piperazine rings is 1. The van der Waals surface area contributed by atoms with Crippen LogP contribution in [-0.4, -0.2) is 67.8 Å². The first-order valence-corrected chi connectivity index (χ1v) is 15.4. The van der Waals surface area contributed by atoms with Gasteiger partial charge in [-0.05, 0) is 43.5 Å². The number of hydrogen-bond acceptors (Lipinski definition) is 8. The molecule has 5 rings (SSSR count). The Hall–Kier alpha value is -3.95. The molecular weight excluding hydrogens is 661 g/mol. The SMILES string of the molecule is C=CC(=O)N1CCN(C2=C(C#N)C(O)N(c3c(C)ccnc3C(C)C)c3nc(-c4c(O)c(Cl)c(F)c(Cl)c4F)c(Cl)cc32)C[C@H]1C. The smallest absolute Gasteiger partial charge is 0.246 e. The number of anilines is 2. The third-order valence-electron chi connectivity index (χ3n) is 8.14. The van der Waals surface area contributed by atoms with Gasteiger partial charge in [-0.15, -0.1) is 0 Å². The van der Waals surface area contributed by atoms with Crippen molar-refractivity contribution in [2.45, 2.75) is 45.9 Å². The number of fused-ring (bicyclic) bond motifs is 1. The predicted molar refractivity (Wildman–Crippen MR) is 173 cm³/mol. The number of halogens is 5. The number of phenols is 1. The maximum atomic E-state index is 15.5. The van der Waals surface area contributed by atoms with E-state index in [9.17, 15) is 24.7 Å². The van der Waals surface area contributed by atoms with E-state index in [-0.39, 0.29) is 53.1 Å². The average Bonchev–Trinajstić information content (AvgIpc) is 3.02. The highest BCUT2D eigenvalue weighted by Crippen LogP contribution is 2.50. The van der Waals surface area contributed by atoms with Crippen LogP contribution in [0.2, 0.25) is 15.1 Å². The van der Waals surface area contributed by atoms with Crippen molar-refractivity contribution in [3.05, 3.63) is 80.1 Å². The van der Waals surface area contributed by atoms with Crippen LogP contribution in [0, 0.1) is 29.9 Å². The first-order valence-electron chi connectivity index (χ1n) is 14.3. The van der Waals surface area contributed by atoms with Gasteiger partial charge in [-0.3, -0.25) is 14.7 Å². The molecule has 1 saturated heterocycles. The molecule has 3 aromatic rings. The second-order valence-electron chi connectivity index (χ2n) is 11.3. The lowest BCUT2D eigenvalue weighted by Gasteiger charge is -2.45. The molecule has 0 aliphatic carbocycles. The minimum Gasteiger partial charge on any atom is -0.505 e. The number of rotatable bonds is 5. The summed E-state index contributed by atoms with van der Waals surface area (Å²) in [6.07, 6.45) is 1.26. The third kappa shape index (κ3) is 5.33. The maximum absolute atomic E-state index is 15.5. The Balaban J connectivity index is 1.83. The van der Waals surface area contributed by atoms with Gasteiger partial charge in [0.25, 0.3) is 0 Å². The number of aliphatic hydroxyl groups excluding tert-OH is 1. The zero-order valence-corrected chi connectivity index (χ0v) is 27.5. The summed E-state index contributed by atoms with van der Waals surface area (Å²) in [5.41, 5.74) is 1.34. The van der Waals surface area contributed by atoms with Crippen molar-refractivity contribution in [1.29, 1.82) is 5.26 Å². The molecule has 9 nitrogen and oxygen atoms in total. The Morgan fingerprint density at radius 2 is 1.91 bits per heavy atom. The van der Waals surface area contributed by atoms with Crippen LogP contribution in [0.25, 0.3) is 17.0 Å². The van der Waals surface area contributed by atoms with Gasteiger partial charge in [0.1, 0.15) is 33.3 Å². The van der Waals surface area contributed by atoms with E-state index in [2.05, 4.69) is 22.6 Å². The Morgan fingerprint density at radius 1 is 1.22 bits per heavy atom. The summed E-state index contributed by atoms with van der Waals surface area (Å²) in [6.45, 7) is 11.9. The molecule has 2 atom stereocenters. The molecule has 4 heterocycles. The largest absolute Gasteiger partial charge is 0.505 e. The Kier molecular flexibility index (Phi) is 9.21. The summed E-state index contributed by atoms with van der Waals surface area (Å²) in [5, 5.41) is 31.3. The van der Waals surface area contributed by atoms with Crippen LogP contribution in [0.15, 0.2) is 36.6 Å².